The predicted octanol–water partition coefficient (Wildman–Crippen LogP) is 3.30. The first-order chi connectivity index (χ1) is 9.60. The molecule has 0 aliphatic rings. The zero-order valence-corrected chi connectivity index (χ0v) is 13.9. The average molecular weight is 325 g/mol. The van der Waals surface area contributed by atoms with Crippen molar-refractivity contribution in [2.24, 2.45) is 0 Å². The molecule has 20 heavy (non-hydrogen) atoms. The van der Waals surface area contributed by atoms with Crippen LogP contribution in [-0.2, 0) is 0 Å². The minimum Gasteiger partial charge on any atom is -0.353 e. The van der Waals surface area contributed by atoms with Gasteiger partial charge in [-0.25, -0.2) is 0 Å². The highest BCUT2D eigenvalue weighted by molar-refractivity contribution is 8.01. The molecule has 0 spiro atoms. The number of benzene rings is 1. The van der Waals surface area contributed by atoms with Crippen molar-refractivity contribution in [3.05, 3.63) is 29.8 Å². The smallest absolute Gasteiger partial charge is 0.208 e. The highest BCUT2D eigenvalue weighted by atomic mass is 32.2. The van der Waals surface area contributed by atoms with Gasteiger partial charge in [-0.2, -0.15) is 0 Å². The number of nitrogens with zero attached hydrogens (tertiary/aromatic N) is 3. The van der Waals surface area contributed by atoms with Crippen molar-refractivity contribution >= 4 is 45.8 Å². The summed E-state index contributed by atoms with van der Waals surface area (Å²) in [5.41, 5.74) is 0.743. The van der Waals surface area contributed by atoms with Gasteiger partial charge in [0.2, 0.25) is 5.13 Å². The van der Waals surface area contributed by atoms with Crippen LogP contribution in [-0.4, -0.2) is 42.1 Å². The van der Waals surface area contributed by atoms with Crippen LogP contribution in [0.2, 0.25) is 0 Å². The topological polar surface area (TPSA) is 46.1 Å². The number of carbonyl (C=O) groups excluding carboxylic acids is 1. The molecule has 0 aliphatic heterocycles. The number of thioether (sulfide) groups is 2. The summed E-state index contributed by atoms with van der Waals surface area (Å²) in [4.78, 5) is 15.1. The highest BCUT2D eigenvalue weighted by Crippen LogP contribution is 2.27. The third-order valence-electron chi connectivity index (χ3n) is 2.52. The van der Waals surface area contributed by atoms with Gasteiger partial charge in [0.15, 0.2) is 10.1 Å². The summed E-state index contributed by atoms with van der Waals surface area (Å²) in [6.45, 7) is 0. The van der Waals surface area contributed by atoms with E-state index < -0.39 is 0 Å². The van der Waals surface area contributed by atoms with Gasteiger partial charge in [-0.05, 0) is 18.4 Å². The van der Waals surface area contributed by atoms with Gasteiger partial charge in [-0.3, -0.25) is 4.79 Å². The Balaban J connectivity index is 1.93. The molecule has 0 unspecified atom stereocenters. The number of anilines is 1. The Kier molecular flexibility index (Phi) is 5.45. The molecular weight excluding hydrogens is 310 g/mol. The van der Waals surface area contributed by atoms with Gasteiger partial charge in [-0.1, -0.05) is 35.2 Å². The molecule has 4 nitrogen and oxygen atoms in total. The highest BCUT2D eigenvalue weighted by Gasteiger charge is 2.10. The fourth-order valence-corrected chi connectivity index (χ4v) is 3.50. The van der Waals surface area contributed by atoms with E-state index in [4.69, 9.17) is 0 Å². The summed E-state index contributed by atoms with van der Waals surface area (Å²) < 4.78 is 0.822. The summed E-state index contributed by atoms with van der Waals surface area (Å²) in [5, 5.41) is 8.96. The first kappa shape index (κ1) is 15.3. The standard InChI is InChI=1S/C13H15N3OS3/c1-16(2)12-14-15-13(20-12)19-8-11(17)9-4-6-10(18-3)7-5-9/h4-7H,8H2,1-3H3. The SMILES string of the molecule is CSc1ccc(C(=O)CSc2nnc(N(C)C)s2)cc1. The predicted molar refractivity (Wildman–Crippen MR) is 87.5 cm³/mol. The second-order valence-corrected chi connectivity index (χ2v) is 7.24. The van der Waals surface area contributed by atoms with E-state index in [1.807, 2.05) is 49.5 Å². The van der Waals surface area contributed by atoms with Gasteiger partial charge in [0.1, 0.15) is 0 Å². The number of ketones is 1. The normalized spacial score (nSPS) is 10.6. The van der Waals surface area contributed by atoms with Gasteiger partial charge < -0.3 is 4.90 Å². The summed E-state index contributed by atoms with van der Waals surface area (Å²) in [5.74, 6) is 0.505. The summed E-state index contributed by atoms with van der Waals surface area (Å²) in [7, 11) is 3.85. The zero-order chi connectivity index (χ0) is 14.5. The Morgan fingerprint density at radius 2 is 1.95 bits per heavy atom. The van der Waals surface area contributed by atoms with Gasteiger partial charge >= 0.3 is 0 Å². The lowest BCUT2D eigenvalue weighted by molar-refractivity contribution is 0.102. The zero-order valence-electron chi connectivity index (χ0n) is 11.5. The molecule has 2 aromatic rings. The Labute approximate surface area is 131 Å². The molecule has 0 aliphatic carbocycles. The Morgan fingerprint density at radius 1 is 1.25 bits per heavy atom. The lowest BCUT2D eigenvalue weighted by Gasteiger charge is -2.03. The third kappa shape index (κ3) is 3.97. The van der Waals surface area contributed by atoms with Crippen LogP contribution in [0.1, 0.15) is 10.4 Å². The summed E-state index contributed by atoms with van der Waals surface area (Å²) in [6.07, 6.45) is 2.02. The van der Waals surface area contributed by atoms with Crippen LogP contribution in [0.25, 0.3) is 0 Å². The third-order valence-corrected chi connectivity index (χ3v) is 5.48. The van der Waals surface area contributed by atoms with Crippen LogP contribution in [0.3, 0.4) is 0 Å². The summed E-state index contributed by atoms with van der Waals surface area (Å²) in [6, 6.07) is 7.69. The summed E-state index contributed by atoms with van der Waals surface area (Å²) >= 11 is 4.60. The van der Waals surface area contributed by atoms with Gasteiger partial charge in [0, 0.05) is 24.6 Å². The Bertz CT molecular complexity index is 581. The van der Waals surface area contributed by atoms with Gasteiger partial charge in [0.05, 0.1) is 5.75 Å². The minimum atomic E-state index is 0.115. The second kappa shape index (κ2) is 7.10. The first-order valence-corrected chi connectivity index (χ1v) is 8.93. The molecule has 0 N–H and O–H groups in total. The van der Waals surface area contributed by atoms with Crippen molar-refractivity contribution in [3.8, 4) is 0 Å². The van der Waals surface area contributed by atoms with Gasteiger partial charge in [0.25, 0.3) is 0 Å². The minimum absolute atomic E-state index is 0.115. The Morgan fingerprint density at radius 3 is 2.50 bits per heavy atom. The van der Waals surface area contributed by atoms with Crippen LogP contribution in [0.15, 0.2) is 33.5 Å². The molecule has 1 aromatic carbocycles. The van der Waals surface area contributed by atoms with Crippen LogP contribution in [0.5, 0.6) is 0 Å². The maximum absolute atomic E-state index is 12.1. The van der Waals surface area contributed by atoms with Crippen molar-refractivity contribution in [1.29, 1.82) is 0 Å². The molecule has 106 valence electrons. The maximum Gasteiger partial charge on any atom is 0.208 e. The van der Waals surface area contributed by atoms with Crippen molar-refractivity contribution < 1.29 is 4.79 Å². The van der Waals surface area contributed by atoms with Crippen molar-refractivity contribution in [1.82, 2.24) is 10.2 Å². The van der Waals surface area contributed by atoms with E-state index in [-0.39, 0.29) is 5.78 Å². The van der Waals surface area contributed by atoms with E-state index in [0.29, 0.717) is 5.75 Å². The number of hydrogen-bond donors (Lipinski definition) is 0. The lowest BCUT2D eigenvalue weighted by Crippen LogP contribution is -2.07. The molecule has 1 heterocycles. The number of rotatable bonds is 6. The van der Waals surface area contributed by atoms with E-state index in [1.165, 1.54) is 23.1 Å². The molecule has 0 amide bonds. The average Bonchev–Trinajstić information content (AvgIpc) is 2.94. The largest absolute Gasteiger partial charge is 0.353 e. The van der Waals surface area contributed by atoms with E-state index in [0.717, 1.165) is 19.9 Å². The maximum atomic E-state index is 12.1. The van der Waals surface area contributed by atoms with Crippen LogP contribution in [0, 0.1) is 0 Å². The van der Waals surface area contributed by atoms with E-state index in [1.54, 1.807) is 11.8 Å². The molecular formula is C13H15N3OS3. The molecule has 0 radical (unpaired) electrons. The molecule has 7 heteroatoms. The van der Waals surface area contributed by atoms with Crippen molar-refractivity contribution in [2.45, 2.75) is 9.24 Å². The Hall–Kier alpha value is -1.05. The number of aromatic nitrogens is 2. The quantitative estimate of drug-likeness (QED) is 0.600. The fraction of sp³-hybridized carbons (Fsp3) is 0.308. The number of carbonyl (C=O) groups is 1. The fourth-order valence-electron chi connectivity index (χ4n) is 1.43. The van der Waals surface area contributed by atoms with Gasteiger partial charge in [-0.15, -0.1) is 22.0 Å². The number of hydrogen-bond acceptors (Lipinski definition) is 7. The van der Waals surface area contributed by atoms with Crippen LogP contribution < -0.4 is 4.90 Å². The van der Waals surface area contributed by atoms with Crippen LogP contribution in [0.4, 0.5) is 5.13 Å². The van der Waals surface area contributed by atoms with E-state index in [9.17, 15) is 4.79 Å². The molecule has 0 saturated carbocycles. The molecule has 0 atom stereocenters. The molecule has 0 bridgehead atoms. The molecule has 2 rings (SSSR count). The molecule has 0 fully saturated rings. The van der Waals surface area contributed by atoms with Crippen LogP contribution >= 0.6 is 34.9 Å². The lowest BCUT2D eigenvalue weighted by atomic mass is 10.1. The van der Waals surface area contributed by atoms with Crippen molar-refractivity contribution in [3.63, 3.8) is 0 Å². The number of Topliss-reactive ketones (excluding diaryl/α,β-unsaturated/α-hetero) is 1. The molecule has 0 saturated heterocycles. The van der Waals surface area contributed by atoms with E-state index in [2.05, 4.69) is 10.2 Å². The first-order valence-electron chi connectivity index (χ1n) is 5.91. The monoisotopic (exact) mass is 325 g/mol. The molecule has 1 aromatic heterocycles. The van der Waals surface area contributed by atoms with Crippen molar-refractivity contribution in [2.75, 3.05) is 31.0 Å². The second-order valence-electron chi connectivity index (χ2n) is 4.19. The van der Waals surface area contributed by atoms with E-state index >= 15 is 0 Å².